The smallest absolute Gasteiger partial charge is 0.170 e. The summed E-state index contributed by atoms with van der Waals surface area (Å²) < 4.78 is 5.04. The number of thiocarbonyl (C=S) groups is 1. The molecule has 0 saturated carbocycles. The van der Waals surface area contributed by atoms with Crippen LogP contribution in [0.2, 0.25) is 0 Å². The van der Waals surface area contributed by atoms with Gasteiger partial charge in [0.15, 0.2) is 12.5 Å². The quantitative estimate of drug-likeness (QED) is 0.332. The molecule has 0 bridgehead atoms. The second-order valence-corrected chi connectivity index (χ2v) is 2.42. The highest BCUT2D eigenvalue weighted by Crippen LogP contribution is 2.17. The summed E-state index contributed by atoms with van der Waals surface area (Å²) >= 11 is 4.86. The zero-order valence-corrected chi connectivity index (χ0v) is 4.99. The van der Waals surface area contributed by atoms with Gasteiger partial charge in [-0.05, 0) is 0 Å². The normalized spacial score (nSPS) is 42.8. The van der Waals surface area contributed by atoms with E-state index in [9.17, 15) is 0 Å². The number of ether oxygens (including phenoxy) is 1. The van der Waals surface area contributed by atoms with Gasteiger partial charge in [0, 0.05) is 6.54 Å². The first-order valence-electron chi connectivity index (χ1n) is 2.54. The van der Waals surface area contributed by atoms with Crippen LogP contribution in [0.3, 0.4) is 0 Å². The van der Waals surface area contributed by atoms with E-state index in [-0.39, 0.29) is 12.5 Å². The third-order valence-corrected chi connectivity index (χ3v) is 1.52. The molecule has 0 aromatic heterocycles. The lowest BCUT2D eigenvalue weighted by Gasteiger charge is -2.09. The van der Waals surface area contributed by atoms with Crippen molar-refractivity contribution >= 4 is 17.2 Å². The van der Waals surface area contributed by atoms with Crippen LogP contribution in [0.4, 0.5) is 0 Å². The molecule has 2 heterocycles. The lowest BCUT2D eigenvalue weighted by molar-refractivity contribution is 0.354. The van der Waals surface area contributed by atoms with E-state index in [4.69, 9.17) is 17.0 Å². The molecule has 0 aromatic rings. The Hall–Kier alpha value is -0.190. The summed E-state index contributed by atoms with van der Waals surface area (Å²) in [5, 5.41) is 6.08. The SMILES string of the molecule is S=C1CNC2OC2N1. The highest BCUT2D eigenvalue weighted by molar-refractivity contribution is 7.80. The summed E-state index contributed by atoms with van der Waals surface area (Å²) in [6, 6.07) is 0. The fraction of sp³-hybridized carbons (Fsp3) is 0.750. The Balaban J connectivity index is 2.02. The van der Waals surface area contributed by atoms with Crippen molar-refractivity contribution in [2.75, 3.05) is 6.54 Å². The average Bonchev–Trinajstić information content (AvgIpc) is 2.43. The van der Waals surface area contributed by atoms with Gasteiger partial charge < -0.3 is 10.1 Å². The molecule has 2 saturated heterocycles. The number of fused-ring (bicyclic) bond motifs is 1. The van der Waals surface area contributed by atoms with E-state index in [0.29, 0.717) is 0 Å². The Morgan fingerprint density at radius 3 is 3.12 bits per heavy atom. The molecule has 4 heteroatoms. The third kappa shape index (κ3) is 0.613. The van der Waals surface area contributed by atoms with Crippen LogP contribution in [-0.2, 0) is 4.74 Å². The number of hydrogen-bond donors (Lipinski definition) is 2. The predicted octanol–water partition coefficient (Wildman–Crippen LogP) is -0.811. The molecule has 0 spiro atoms. The summed E-state index contributed by atoms with van der Waals surface area (Å²) in [7, 11) is 0. The van der Waals surface area contributed by atoms with Crippen molar-refractivity contribution in [1.29, 1.82) is 0 Å². The lowest BCUT2D eigenvalue weighted by Crippen LogP contribution is -2.43. The van der Waals surface area contributed by atoms with Crippen molar-refractivity contribution in [3.8, 4) is 0 Å². The first-order chi connectivity index (χ1) is 3.86. The van der Waals surface area contributed by atoms with E-state index >= 15 is 0 Å². The Labute approximate surface area is 52.4 Å². The molecule has 0 radical (unpaired) electrons. The Morgan fingerprint density at radius 1 is 1.62 bits per heavy atom. The summed E-state index contributed by atoms with van der Waals surface area (Å²) in [6.07, 6.45) is 0.415. The summed E-state index contributed by atoms with van der Waals surface area (Å²) in [4.78, 5) is 0.851. The van der Waals surface area contributed by atoms with Crippen LogP contribution < -0.4 is 10.6 Å². The minimum absolute atomic E-state index is 0.177. The number of nitrogens with one attached hydrogen (secondary N) is 2. The van der Waals surface area contributed by atoms with Gasteiger partial charge in [0.25, 0.3) is 0 Å². The van der Waals surface area contributed by atoms with E-state index in [1.54, 1.807) is 0 Å². The monoisotopic (exact) mass is 130 g/mol. The summed E-state index contributed by atoms with van der Waals surface area (Å²) in [5.74, 6) is 0. The van der Waals surface area contributed by atoms with E-state index in [1.165, 1.54) is 0 Å². The van der Waals surface area contributed by atoms with Gasteiger partial charge in [-0.15, -0.1) is 0 Å². The topological polar surface area (TPSA) is 36.6 Å². The van der Waals surface area contributed by atoms with E-state index in [1.807, 2.05) is 0 Å². The Morgan fingerprint density at radius 2 is 2.50 bits per heavy atom. The molecule has 0 aliphatic carbocycles. The van der Waals surface area contributed by atoms with E-state index in [0.717, 1.165) is 11.5 Å². The zero-order chi connectivity index (χ0) is 5.56. The van der Waals surface area contributed by atoms with Crippen molar-refractivity contribution in [2.24, 2.45) is 0 Å². The molecule has 0 amide bonds. The van der Waals surface area contributed by atoms with Gasteiger partial charge in [0.2, 0.25) is 0 Å². The van der Waals surface area contributed by atoms with Crippen molar-refractivity contribution < 1.29 is 4.74 Å². The maximum atomic E-state index is 5.04. The van der Waals surface area contributed by atoms with Gasteiger partial charge >= 0.3 is 0 Å². The maximum Gasteiger partial charge on any atom is 0.170 e. The van der Waals surface area contributed by atoms with Gasteiger partial charge in [-0.3, -0.25) is 5.32 Å². The molecular weight excluding hydrogens is 124 g/mol. The van der Waals surface area contributed by atoms with E-state index in [2.05, 4.69) is 10.6 Å². The summed E-state index contributed by atoms with van der Waals surface area (Å²) in [5.41, 5.74) is 0. The van der Waals surface area contributed by atoms with Crippen LogP contribution in [0.5, 0.6) is 0 Å². The van der Waals surface area contributed by atoms with E-state index < -0.39 is 0 Å². The second-order valence-electron chi connectivity index (χ2n) is 1.93. The molecular formula is C4H6N2OS. The molecule has 2 N–H and O–H groups in total. The fourth-order valence-electron chi connectivity index (χ4n) is 0.780. The highest BCUT2D eigenvalue weighted by atomic mass is 32.1. The fourth-order valence-corrected chi connectivity index (χ4v) is 0.980. The third-order valence-electron chi connectivity index (χ3n) is 1.26. The zero-order valence-electron chi connectivity index (χ0n) is 4.18. The van der Waals surface area contributed by atoms with Gasteiger partial charge in [-0.2, -0.15) is 0 Å². The Kier molecular flexibility index (Phi) is 0.817. The van der Waals surface area contributed by atoms with Crippen LogP contribution in [0, 0.1) is 0 Å². The van der Waals surface area contributed by atoms with Crippen LogP contribution in [0.15, 0.2) is 0 Å². The van der Waals surface area contributed by atoms with Gasteiger partial charge in [-0.1, -0.05) is 12.2 Å². The van der Waals surface area contributed by atoms with Gasteiger partial charge in [-0.25, -0.2) is 0 Å². The molecule has 2 rings (SSSR count). The van der Waals surface area contributed by atoms with Gasteiger partial charge in [0.05, 0.1) is 4.99 Å². The number of piperazine rings is 1. The van der Waals surface area contributed by atoms with Crippen molar-refractivity contribution in [3.05, 3.63) is 0 Å². The summed E-state index contributed by atoms with van der Waals surface area (Å²) in [6.45, 7) is 0.760. The minimum Gasteiger partial charge on any atom is -0.350 e. The number of rotatable bonds is 0. The average molecular weight is 130 g/mol. The van der Waals surface area contributed by atoms with Crippen molar-refractivity contribution in [3.63, 3.8) is 0 Å². The molecule has 2 unspecified atom stereocenters. The van der Waals surface area contributed by atoms with Crippen LogP contribution >= 0.6 is 12.2 Å². The lowest BCUT2D eigenvalue weighted by atomic mass is 10.4. The molecule has 0 aromatic carbocycles. The highest BCUT2D eigenvalue weighted by Gasteiger charge is 2.42. The van der Waals surface area contributed by atoms with Crippen LogP contribution in [0.25, 0.3) is 0 Å². The molecule has 2 atom stereocenters. The minimum atomic E-state index is 0.177. The molecule has 2 aliphatic rings. The molecule has 44 valence electrons. The molecule has 2 fully saturated rings. The standard InChI is InChI=1S/C4H6N2OS/c8-2-1-5-3-4(6-2)7-3/h3-5H,1H2,(H,6,8). The predicted molar refractivity (Wildman–Crippen MR) is 32.4 cm³/mol. The van der Waals surface area contributed by atoms with Gasteiger partial charge in [0.1, 0.15) is 0 Å². The first-order valence-corrected chi connectivity index (χ1v) is 2.95. The second kappa shape index (κ2) is 1.40. The van der Waals surface area contributed by atoms with Crippen molar-refractivity contribution in [2.45, 2.75) is 12.5 Å². The maximum absolute atomic E-state index is 5.04. The molecule has 8 heavy (non-hydrogen) atoms. The number of epoxide rings is 1. The largest absolute Gasteiger partial charge is 0.350 e. The molecule has 3 nitrogen and oxygen atoms in total. The van der Waals surface area contributed by atoms with Crippen LogP contribution in [0.1, 0.15) is 0 Å². The Bertz CT molecular complexity index is 138. The first kappa shape index (κ1) is 4.67. The van der Waals surface area contributed by atoms with Crippen molar-refractivity contribution in [1.82, 2.24) is 10.6 Å². The molecule has 2 aliphatic heterocycles. The number of hydrogen-bond acceptors (Lipinski definition) is 3. The van der Waals surface area contributed by atoms with Crippen LogP contribution in [-0.4, -0.2) is 24.0 Å².